The number of fused-ring (bicyclic) bond motifs is 1. The van der Waals surface area contributed by atoms with E-state index in [1.54, 1.807) is 0 Å². The average molecular weight is 240 g/mol. The fraction of sp³-hybridized carbons (Fsp3) is 0. The lowest BCUT2D eigenvalue weighted by atomic mass is 10.1. The molecule has 2 aromatic rings. The Morgan fingerprint density at radius 1 is 1.00 bits per heavy atom. The first-order chi connectivity index (χ1) is 7.39. The van der Waals surface area contributed by atoms with Gasteiger partial charge in [0, 0.05) is 5.39 Å². The Kier molecular flexibility index (Phi) is 2.25. The minimum atomic E-state index is -4.47. The van der Waals surface area contributed by atoms with Crippen molar-refractivity contribution in [1.82, 2.24) is 0 Å². The van der Waals surface area contributed by atoms with Crippen molar-refractivity contribution in [3.8, 4) is 11.5 Å². The van der Waals surface area contributed by atoms with Gasteiger partial charge in [-0.1, -0.05) is 12.1 Å². The zero-order valence-electron chi connectivity index (χ0n) is 7.95. The van der Waals surface area contributed by atoms with Crippen molar-refractivity contribution in [3.63, 3.8) is 0 Å². The first-order valence-electron chi connectivity index (χ1n) is 4.32. The smallest absolute Gasteiger partial charge is 0.298 e. The maximum absolute atomic E-state index is 10.9. The maximum Gasteiger partial charge on any atom is 0.298 e. The van der Waals surface area contributed by atoms with E-state index >= 15 is 0 Å². The van der Waals surface area contributed by atoms with Crippen LogP contribution in [-0.2, 0) is 10.1 Å². The van der Waals surface area contributed by atoms with Crippen LogP contribution < -0.4 is 0 Å². The van der Waals surface area contributed by atoms with Gasteiger partial charge in [0.05, 0.1) is 0 Å². The summed E-state index contributed by atoms with van der Waals surface area (Å²) in [5.41, 5.74) is 0. The number of benzene rings is 2. The average Bonchev–Trinajstić information content (AvgIpc) is 2.17. The Morgan fingerprint density at radius 2 is 1.62 bits per heavy atom. The van der Waals surface area contributed by atoms with Gasteiger partial charge in [-0.15, -0.1) is 0 Å². The lowest BCUT2D eigenvalue weighted by Crippen LogP contribution is -1.98. The third-order valence-electron chi connectivity index (χ3n) is 2.22. The molecule has 0 fully saturated rings. The van der Waals surface area contributed by atoms with Crippen LogP contribution in [0.25, 0.3) is 10.8 Å². The van der Waals surface area contributed by atoms with Gasteiger partial charge in [0.25, 0.3) is 10.1 Å². The second-order valence-electron chi connectivity index (χ2n) is 3.29. The Morgan fingerprint density at radius 3 is 2.25 bits per heavy atom. The highest BCUT2D eigenvalue weighted by Gasteiger charge is 2.17. The van der Waals surface area contributed by atoms with Crippen molar-refractivity contribution in [2.45, 2.75) is 4.90 Å². The van der Waals surface area contributed by atoms with Crippen molar-refractivity contribution in [1.29, 1.82) is 0 Å². The van der Waals surface area contributed by atoms with Gasteiger partial charge >= 0.3 is 0 Å². The normalized spacial score (nSPS) is 11.8. The predicted octanol–water partition coefficient (Wildman–Crippen LogP) is 1.50. The molecule has 0 aliphatic heterocycles. The van der Waals surface area contributed by atoms with Gasteiger partial charge in [0.2, 0.25) is 0 Å². The highest BCUT2D eigenvalue weighted by molar-refractivity contribution is 7.86. The fourth-order valence-electron chi connectivity index (χ4n) is 1.48. The molecule has 3 N–H and O–H groups in total. The summed E-state index contributed by atoms with van der Waals surface area (Å²) < 4.78 is 30.7. The van der Waals surface area contributed by atoms with Crippen LogP contribution in [0, 0.1) is 0 Å². The molecule has 0 radical (unpaired) electrons. The molecule has 6 heteroatoms. The van der Waals surface area contributed by atoms with Gasteiger partial charge < -0.3 is 10.2 Å². The Labute approximate surface area is 91.3 Å². The number of hydrogen-bond donors (Lipinski definition) is 3. The largest absolute Gasteiger partial charge is 0.508 e. The molecule has 0 bridgehead atoms. The van der Waals surface area contributed by atoms with E-state index in [1.807, 2.05) is 0 Å². The van der Waals surface area contributed by atoms with Crippen LogP contribution in [0.3, 0.4) is 0 Å². The SMILES string of the molecule is O=S(=O)(O)c1ccc2ccc(O)cc2c1O. The molecule has 0 unspecified atom stereocenters. The molecule has 0 spiro atoms. The standard InChI is InChI=1S/C10H8O5S/c11-7-3-1-6-2-4-9(16(13,14)15)10(12)8(6)5-7/h1-5,11-12H,(H,13,14,15). The highest BCUT2D eigenvalue weighted by atomic mass is 32.2. The third-order valence-corrected chi connectivity index (χ3v) is 3.10. The zero-order chi connectivity index (χ0) is 11.9. The van der Waals surface area contributed by atoms with Crippen LogP contribution in [0.4, 0.5) is 0 Å². The molecule has 0 atom stereocenters. The van der Waals surface area contributed by atoms with Gasteiger partial charge in [0.15, 0.2) is 0 Å². The second kappa shape index (κ2) is 3.36. The van der Waals surface area contributed by atoms with Gasteiger partial charge in [0.1, 0.15) is 16.4 Å². The van der Waals surface area contributed by atoms with Crippen molar-refractivity contribution in [2.75, 3.05) is 0 Å². The van der Waals surface area contributed by atoms with Gasteiger partial charge in [-0.25, -0.2) is 0 Å². The molecule has 0 aromatic heterocycles. The molecule has 84 valence electrons. The van der Waals surface area contributed by atoms with Crippen molar-refractivity contribution in [3.05, 3.63) is 30.3 Å². The fourth-order valence-corrected chi connectivity index (χ4v) is 2.07. The van der Waals surface area contributed by atoms with E-state index in [2.05, 4.69) is 0 Å². The molecule has 0 amide bonds. The summed E-state index contributed by atoms with van der Waals surface area (Å²) in [5, 5.41) is 19.6. The molecule has 5 nitrogen and oxygen atoms in total. The number of hydrogen-bond acceptors (Lipinski definition) is 4. The molecular weight excluding hydrogens is 232 g/mol. The van der Waals surface area contributed by atoms with Gasteiger partial charge in [-0.05, 0) is 23.6 Å². The summed E-state index contributed by atoms with van der Waals surface area (Å²) in [6, 6.07) is 6.69. The highest BCUT2D eigenvalue weighted by Crippen LogP contribution is 2.33. The van der Waals surface area contributed by atoms with E-state index in [-0.39, 0.29) is 11.1 Å². The Bertz CT molecular complexity index is 660. The summed E-state index contributed by atoms with van der Waals surface area (Å²) in [6.45, 7) is 0. The van der Waals surface area contributed by atoms with Gasteiger partial charge in [-0.3, -0.25) is 4.55 Å². The summed E-state index contributed by atoms with van der Waals surface area (Å²) in [6.07, 6.45) is 0. The number of phenols is 2. The quantitative estimate of drug-likeness (QED) is 0.656. The Hall–Kier alpha value is -1.79. The molecular formula is C10H8O5S. The van der Waals surface area contributed by atoms with E-state index in [0.717, 1.165) is 6.07 Å². The van der Waals surface area contributed by atoms with E-state index in [0.29, 0.717) is 5.39 Å². The monoisotopic (exact) mass is 240 g/mol. The zero-order valence-corrected chi connectivity index (χ0v) is 8.77. The van der Waals surface area contributed by atoms with Crippen LogP contribution in [0.5, 0.6) is 11.5 Å². The summed E-state index contributed by atoms with van der Waals surface area (Å²) in [5.74, 6) is -0.675. The van der Waals surface area contributed by atoms with Crippen LogP contribution in [0.1, 0.15) is 0 Å². The molecule has 0 saturated carbocycles. The number of rotatable bonds is 1. The molecule has 0 aliphatic carbocycles. The van der Waals surface area contributed by atoms with Crippen molar-refractivity contribution in [2.24, 2.45) is 0 Å². The van der Waals surface area contributed by atoms with Crippen LogP contribution in [0.15, 0.2) is 35.2 Å². The topological polar surface area (TPSA) is 94.8 Å². The molecule has 16 heavy (non-hydrogen) atoms. The van der Waals surface area contributed by atoms with Gasteiger partial charge in [-0.2, -0.15) is 8.42 Å². The minimum absolute atomic E-state index is 0.102. The van der Waals surface area contributed by atoms with E-state index < -0.39 is 20.8 Å². The first-order valence-corrected chi connectivity index (χ1v) is 5.76. The maximum atomic E-state index is 10.9. The van der Waals surface area contributed by atoms with E-state index in [4.69, 9.17) is 4.55 Å². The molecule has 2 aromatic carbocycles. The number of aromatic hydroxyl groups is 2. The summed E-state index contributed by atoms with van der Waals surface area (Å²) in [7, 11) is -4.47. The predicted molar refractivity (Wildman–Crippen MR) is 57.1 cm³/mol. The molecule has 0 heterocycles. The second-order valence-corrected chi connectivity index (χ2v) is 4.68. The summed E-state index contributed by atoms with van der Waals surface area (Å²) >= 11 is 0. The lowest BCUT2D eigenvalue weighted by Gasteiger charge is -2.05. The number of phenolic OH excluding ortho intramolecular Hbond substituents is 2. The van der Waals surface area contributed by atoms with E-state index in [9.17, 15) is 18.6 Å². The lowest BCUT2D eigenvalue weighted by molar-refractivity contribution is 0.446. The van der Waals surface area contributed by atoms with Crippen LogP contribution in [-0.4, -0.2) is 23.2 Å². The molecule has 0 saturated heterocycles. The van der Waals surface area contributed by atoms with E-state index in [1.165, 1.54) is 24.3 Å². The first kappa shape index (κ1) is 10.7. The summed E-state index contributed by atoms with van der Waals surface area (Å²) in [4.78, 5) is -0.578. The van der Waals surface area contributed by atoms with Crippen molar-refractivity contribution < 1.29 is 23.2 Å². The molecule has 2 rings (SSSR count). The van der Waals surface area contributed by atoms with Crippen LogP contribution in [0.2, 0.25) is 0 Å². The van der Waals surface area contributed by atoms with Crippen molar-refractivity contribution >= 4 is 20.9 Å². The Balaban J connectivity index is 2.89. The minimum Gasteiger partial charge on any atom is -0.508 e. The molecule has 0 aliphatic rings. The third kappa shape index (κ3) is 1.68. The van der Waals surface area contributed by atoms with Crippen LogP contribution >= 0.6 is 0 Å².